The minimum absolute atomic E-state index is 0.676. The largest absolute Gasteiger partial charge is 0.486 e. The third-order valence-corrected chi connectivity index (χ3v) is 3.69. The van der Waals surface area contributed by atoms with Gasteiger partial charge in [-0.25, -0.2) is 0 Å². The minimum atomic E-state index is 0.676. The standard InChI is InChI=1S/C10H8O2S2/c1-12-10-9(13)7-3-2-6(5-11)4-8(7)14-10/h2-5,13H,1H3. The lowest BCUT2D eigenvalue weighted by molar-refractivity contribution is 0.112. The number of fused-ring (bicyclic) bond motifs is 1. The van der Waals surface area contributed by atoms with Crippen LogP contribution >= 0.6 is 24.0 Å². The molecule has 0 saturated carbocycles. The molecule has 0 amide bonds. The zero-order chi connectivity index (χ0) is 10.1. The van der Waals surface area contributed by atoms with Crippen molar-refractivity contribution in [2.24, 2.45) is 0 Å². The zero-order valence-electron chi connectivity index (χ0n) is 7.48. The van der Waals surface area contributed by atoms with Gasteiger partial charge in [0.2, 0.25) is 0 Å². The fourth-order valence-electron chi connectivity index (χ4n) is 1.29. The van der Waals surface area contributed by atoms with Gasteiger partial charge >= 0.3 is 0 Å². The van der Waals surface area contributed by atoms with Crippen LogP contribution in [0.5, 0.6) is 5.06 Å². The molecule has 1 aromatic heterocycles. The highest BCUT2D eigenvalue weighted by molar-refractivity contribution is 7.81. The average molecular weight is 224 g/mol. The smallest absolute Gasteiger partial charge is 0.188 e. The summed E-state index contributed by atoms with van der Waals surface area (Å²) in [5.74, 6) is 0. The first-order chi connectivity index (χ1) is 6.76. The number of thiophene rings is 1. The Hall–Kier alpha value is -1.00. The Morgan fingerprint density at radius 3 is 2.93 bits per heavy atom. The summed E-state index contributed by atoms with van der Waals surface area (Å²) in [6.07, 6.45) is 0.837. The van der Waals surface area contributed by atoms with Gasteiger partial charge in [0.15, 0.2) is 5.06 Å². The SMILES string of the molecule is COc1sc2cc(C=O)ccc2c1S. The normalized spacial score (nSPS) is 10.4. The van der Waals surface area contributed by atoms with Gasteiger partial charge in [-0.2, -0.15) is 0 Å². The number of aldehydes is 1. The van der Waals surface area contributed by atoms with Gasteiger partial charge in [0.1, 0.15) is 6.29 Å². The lowest BCUT2D eigenvalue weighted by atomic mass is 10.2. The van der Waals surface area contributed by atoms with Crippen LogP contribution in [0.1, 0.15) is 10.4 Å². The molecule has 0 fully saturated rings. The Morgan fingerprint density at radius 1 is 1.50 bits per heavy atom. The molecule has 0 spiro atoms. The lowest BCUT2D eigenvalue weighted by Crippen LogP contribution is -1.77. The molecule has 0 aliphatic heterocycles. The van der Waals surface area contributed by atoms with E-state index in [1.807, 2.05) is 12.1 Å². The summed E-state index contributed by atoms with van der Waals surface area (Å²) in [5, 5.41) is 1.81. The fraction of sp³-hybridized carbons (Fsp3) is 0.100. The van der Waals surface area contributed by atoms with Gasteiger partial charge in [-0.1, -0.05) is 23.5 Å². The van der Waals surface area contributed by atoms with E-state index in [0.717, 1.165) is 26.3 Å². The number of thiol groups is 1. The molecule has 0 bridgehead atoms. The molecule has 2 nitrogen and oxygen atoms in total. The summed E-state index contributed by atoms with van der Waals surface area (Å²) in [4.78, 5) is 11.4. The van der Waals surface area contributed by atoms with Crippen molar-refractivity contribution in [1.82, 2.24) is 0 Å². The Balaban J connectivity index is 2.72. The monoisotopic (exact) mass is 224 g/mol. The first-order valence-corrected chi connectivity index (χ1v) is 5.27. The van der Waals surface area contributed by atoms with Gasteiger partial charge in [-0.3, -0.25) is 4.79 Å². The second-order valence-corrected chi connectivity index (χ2v) is 4.28. The summed E-state index contributed by atoms with van der Waals surface area (Å²) in [5.41, 5.74) is 0.676. The van der Waals surface area contributed by atoms with Gasteiger partial charge in [-0.15, -0.1) is 12.6 Å². The van der Waals surface area contributed by atoms with Crippen molar-refractivity contribution in [3.8, 4) is 5.06 Å². The summed E-state index contributed by atoms with van der Waals surface area (Å²) in [7, 11) is 1.62. The number of methoxy groups -OCH3 is 1. The predicted molar refractivity (Wildman–Crippen MR) is 61.0 cm³/mol. The van der Waals surface area contributed by atoms with Crippen molar-refractivity contribution < 1.29 is 9.53 Å². The molecule has 0 radical (unpaired) electrons. The highest BCUT2D eigenvalue weighted by Gasteiger charge is 2.09. The Morgan fingerprint density at radius 2 is 2.29 bits per heavy atom. The molecular weight excluding hydrogens is 216 g/mol. The van der Waals surface area contributed by atoms with E-state index >= 15 is 0 Å². The summed E-state index contributed by atoms with van der Waals surface area (Å²) >= 11 is 5.85. The van der Waals surface area contributed by atoms with Crippen LogP contribution in [0.15, 0.2) is 23.1 Å². The maximum absolute atomic E-state index is 10.6. The van der Waals surface area contributed by atoms with Crippen LogP contribution in [0.2, 0.25) is 0 Å². The van der Waals surface area contributed by atoms with Crippen molar-refractivity contribution in [2.75, 3.05) is 7.11 Å². The predicted octanol–water partition coefficient (Wildman–Crippen LogP) is 3.01. The highest BCUT2D eigenvalue weighted by atomic mass is 32.1. The molecule has 0 aliphatic carbocycles. The molecule has 2 rings (SSSR count). The first-order valence-electron chi connectivity index (χ1n) is 4.01. The van der Waals surface area contributed by atoms with Crippen LogP contribution < -0.4 is 4.74 Å². The third kappa shape index (κ3) is 1.40. The number of benzene rings is 1. The van der Waals surface area contributed by atoms with E-state index < -0.39 is 0 Å². The molecule has 1 aromatic carbocycles. The van der Waals surface area contributed by atoms with Crippen molar-refractivity contribution in [3.63, 3.8) is 0 Å². The molecule has 0 N–H and O–H groups in total. The second-order valence-electron chi connectivity index (χ2n) is 2.82. The van der Waals surface area contributed by atoms with Crippen LogP contribution in [0.25, 0.3) is 10.1 Å². The Bertz CT molecular complexity index is 488. The van der Waals surface area contributed by atoms with Gasteiger partial charge in [0.05, 0.1) is 12.0 Å². The van der Waals surface area contributed by atoms with E-state index in [0.29, 0.717) is 5.56 Å². The molecule has 1 heterocycles. The summed E-state index contributed by atoms with van der Waals surface area (Å²) in [6, 6.07) is 5.51. The van der Waals surface area contributed by atoms with Crippen molar-refractivity contribution in [2.45, 2.75) is 4.90 Å². The molecule has 0 atom stereocenters. The number of hydrogen-bond donors (Lipinski definition) is 1. The lowest BCUT2D eigenvalue weighted by Gasteiger charge is -1.93. The maximum atomic E-state index is 10.6. The number of hydrogen-bond acceptors (Lipinski definition) is 4. The third-order valence-electron chi connectivity index (χ3n) is 1.98. The van der Waals surface area contributed by atoms with E-state index in [1.165, 1.54) is 11.3 Å². The molecule has 0 saturated heterocycles. The Kier molecular flexibility index (Phi) is 2.48. The minimum Gasteiger partial charge on any atom is -0.486 e. The number of carbonyl (C=O) groups excluding carboxylic acids is 1. The molecule has 0 unspecified atom stereocenters. The second kappa shape index (κ2) is 3.63. The zero-order valence-corrected chi connectivity index (χ0v) is 9.19. The van der Waals surface area contributed by atoms with Crippen LogP contribution in [0.4, 0.5) is 0 Å². The van der Waals surface area contributed by atoms with E-state index in [-0.39, 0.29) is 0 Å². The number of ether oxygens (including phenoxy) is 1. The molecule has 0 aliphatic rings. The van der Waals surface area contributed by atoms with Crippen LogP contribution in [-0.4, -0.2) is 13.4 Å². The van der Waals surface area contributed by atoms with E-state index in [9.17, 15) is 4.79 Å². The molecular formula is C10H8O2S2. The number of carbonyl (C=O) groups is 1. The van der Waals surface area contributed by atoms with Gasteiger partial charge in [-0.05, 0) is 6.07 Å². The quantitative estimate of drug-likeness (QED) is 0.627. The van der Waals surface area contributed by atoms with Crippen LogP contribution in [0, 0.1) is 0 Å². The van der Waals surface area contributed by atoms with Crippen molar-refractivity contribution >= 4 is 40.3 Å². The molecule has 14 heavy (non-hydrogen) atoms. The van der Waals surface area contributed by atoms with Crippen LogP contribution in [0.3, 0.4) is 0 Å². The molecule has 72 valence electrons. The first kappa shape index (κ1) is 9.55. The highest BCUT2D eigenvalue weighted by Crippen LogP contribution is 2.39. The van der Waals surface area contributed by atoms with E-state index in [4.69, 9.17) is 4.74 Å². The average Bonchev–Trinajstić information content (AvgIpc) is 2.55. The molecule has 4 heteroatoms. The summed E-state index contributed by atoms with van der Waals surface area (Å²) < 4.78 is 6.18. The molecule has 2 aromatic rings. The van der Waals surface area contributed by atoms with Crippen molar-refractivity contribution in [1.29, 1.82) is 0 Å². The van der Waals surface area contributed by atoms with Gasteiger partial charge in [0.25, 0.3) is 0 Å². The fourth-order valence-corrected chi connectivity index (χ4v) is 2.75. The van der Waals surface area contributed by atoms with E-state index in [1.54, 1.807) is 13.2 Å². The van der Waals surface area contributed by atoms with Gasteiger partial charge in [0, 0.05) is 15.6 Å². The summed E-state index contributed by atoms with van der Waals surface area (Å²) in [6.45, 7) is 0. The maximum Gasteiger partial charge on any atom is 0.188 e. The number of rotatable bonds is 2. The van der Waals surface area contributed by atoms with Crippen LogP contribution in [-0.2, 0) is 0 Å². The topological polar surface area (TPSA) is 26.3 Å². The van der Waals surface area contributed by atoms with Crippen molar-refractivity contribution in [3.05, 3.63) is 23.8 Å². The van der Waals surface area contributed by atoms with Gasteiger partial charge < -0.3 is 4.74 Å². The Labute approximate surface area is 90.9 Å². The van der Waals surface area contributed by atoms with E-state index in [2.05, 4.69) is 12.6 Å².